The molecule has 0 saturated carbocycles. The van der Waals surface area contributed by atoms with Gasteiger partial charge in [-0.3, -0.25) is 15.1 Å². The monoisotopic (exact) mass is 251 g/mol. The summed E-state index contributed by atoms with van der Waals surface area (Å²) in [6.07, 6.45) is 7.53. The Hall–Kier alpha value is -1.40. The van der Waals surface area contributed by atoms with E-state index >= 15 is 0 Å². The molecule has 1 aromatic rings. The van der Waals surface area contributed by atoms with E-state index in [1.807, 2.05) is 12.4 Å². The van der Waals surface area contributed by atoms with Gasteiger partial charge in [0, 0.05) is 31.9 Å². The average Bonchev–Trinajstić information content (AvgIpc) is 2.85. The molecule has 100 valence electrons. The number of nitrogens with zero attached hydrogens (tertiary/aromatic N) is 3. The average molecular weight is 251 g/mol. The summed E-state index contributed by atoms with van der Waals surface area (Å²) < 4.78 is 2.21. The van der Waals surface area contributed by atoms with Crippen molar-refractivity contribution in [2.24, 2.45) is 5.84 Å². The van der Waals surface area contributed by atoms with E-state index in [0.717, 1.165) is 51.3 Å². The molecular weight excluding hydrogens is 230 g/mol. The highest BCUT2D eigenvalue weighted by molar-refractivity contribution is 5.74. The van der Waals surface area contributed by atoms with Gasteiger partial charge in [-0.1, -0.05) is 6.42 Å². The number of rotatable bonds is 6. The second-order valence-corrected chi connectivity index (χ2v) is 4.69. The third-order valence-electron chi connectivity index (χ3n) is 3.36. The van der Waals surface area contributed by atoms with Crippen LogP contribution in [0.4, 0.5) is 0 Å². The van der Waals surface area contributed by atoms with Gasteiger partial charge in [-0.15, -0.1) is 0 Å². The molecule has 1 aromatic heterocycles. The molecule has 6 heteroatoms. The van der Waals surface area contributed by atoms with Crippen molar-refractivity contribution in [2.45, 2.75) is 38.8 Å². The number of carbonyl (C=O) groups excluding carboxylic acids is 1. The van der Waals surface area contributed by atoms with Crippen molar-refractivity contribution >= 4 is 5.91 Å². The van der Waals surface area contributed by atoms with Gasteiger partial charge in [0.15, 0.2) is 0 Å². The van der Waals surface area contributed by atoms with Gasteiger partial charge in [0.2, 0.25) is 5.91 Å². The molecule has 0 aromatic carbocycles. The maximum atomic E-state index is 10.9. The summed E-state index contributed by atoms with van der Waals surface area (Å²) in [5.41, 5.74) is 2.15. The molecule has 0 saturated heterocycles. The largest absolute Gasteiger partial charge is 0.333 e. The van der Waals surface area contributed by atoms with Gasteiger partial charge in [0.1, 0.15) is 5.82 Å². The maximum Gasteiger partial charge on any atom is 0.233 e. The minimum absolute atomic E-state index is 0.0741. The van der Waals surface area contributed by atoms with Gasteiger partial charge >= 0.3 is 0 Å². The Bertz CT molecular complexity index is 390. The van der Waals surface area contributed by atoms with E-state index < -0.39 is 0 Å². The second-order valence-electron chi connectivity index (χ2n) is 4.69. The fourth-order valence-corrected chi connectivity index (χ4v) is 2.28. The number of nitrogens with one attached hydrogen (secondary N) is 1. The SMILES string of the molecule is NNC(=O)CCCCCN1CCn2ccnc2C1. The highest BCUT2D eigenvalue weighted by Crippen LogP contribution is 2.11. The van der Waals surface area contributed by atoms with Crippen molar-refractivity contribution in [3.05, 3.63) is 18.2 Å². The highest BCUT2D eigenvalue weighted by Gasteiger charge is 2.15. The molecular formula is C12H21N5O. The van der Waals surface area contributed by atoms with E-state index in [2.05, 4.69) is 19.9 Å². The standard InChI is InChI=1S/C12H21N5O/c13-15-12(18)4-2-1-3-6-16-8-9-17-7-5-14-11(17)10-16/h5,7H,1-4,6,8-10,13H2,(H,15,18). The van der Waals surface area contributed by atoms with Crippen LogP contribution in [0.5, 0.6) is 0 Å². The molecule has 0 fully saturated rings. The number of unbranched alkanes of at least 4 members (excludes halogenated alkanes) is 2. The molecule has 0 spiro atoms. The van der Waals surface area contributed by atoms with Gasteiger partial charge in [-0.25, -0.2) is 10.8 Å². The topological polar surface area (TPSA) is 76.2 Å². The molecule has 1 aliphatic heterocycles. The highest BCUT2D eigenvalue weighted by atomic mass is 16.2. The zero-order valence-electron chi connectivity index (χ0n) is 10.6. The Balaban J connectivity index is 1.60. The lowest BCUT2D eigenvalue weighted by Gasteiger charge is -2.27. The predicted octanol–water partition coefficient (Wildman–Crippen LogP) is 0.249. The van der Waals surface area contributed by atoms with Gasteiger partial charge in [0.25, 0.3) is 0 Å². The Labute approximate surface area is 107 Å². The Morgan fingerprint density at radius 3 is 3.11 bits per heavy atom. The first kappa shape index (κ1) is 13.0. The van der Waals surface area contributed by atoms with Crippen LogP contribution in [0.3, 0.4) is 0 Å². The lowest BCUT2D eigenvalue weighted by atomic mass is 10.2. The molecule has 0 aliphatic carbocycles. The molecule has 0 bridgehead atoms. The molecule has 1 aliphatic rings. The molecule has 0 radical (unpaired) electrons. The van der Waals surface area contributed by atoms with E-state index in [4.69, 9.17) is 5.84 Å². The summed E-state index contributed by atoms with van der Waals surface area (Å²) in [7, 11) is 0. The number of aromatic nitrogens is 2. The summed E-state index contributed by atoms with van der Waals surface area (Å²) in [6.45, 7) is 4.14. The van der Waals surface area contributed by atoms with Crippen molar-refractivity contribution in [3.8, 4) is 0 Å². The van der Waals surface area contributed by atoms with Crippen LogP contribution >= 0.6 is 0 Å². The van der Waals surface area contributed by atoms with Crippen LogP contribution in [0.2, 0.25) is 0 Å². The number of hydrogen-bond acceptors (Lipinski definition) is 4. The fraction of sp³-hybridized carbons (Fsp3) is 0.667. The van der Waals surface area contributed by atoms with Gasteiger partial charge in [-0.05, 0) is 19.4 Å². The lowest BCUT2D eigenvalue weighted by Crippen LogP contribution is -2.34. The van der Waals surface area contributed by atoms with Crippen LogP contribution in [0.15, 0.2) is 12.4 Å². The molecule has 0 atom stereocenters. The first-order chi connectivity index (χ1) is 8.79. The number of amides is 1. The molecule has 2 heterocycles. The number of carbonyl (C=O) groups is 1. The minimum Gasteiger partial charge on any atom is -0.333 e. The van der Waals surface area contributed by atoms with Gasteiger partial charge < -0.3 is 4.57 Å². The smallest absolute Gasteiger partial charge is 0.233 e. The van der Waals surface area contributed by atoms with Crippen LogP contribution < -0.4 is 11.3 Å². The molecule has 0 unspecified atom stereocenters. The first-order valence-electron chi connectivity index (χ1n) is 6.51. The molecule has 1 amide bonds. The molecule has 2 rings (SSSR count). The minimum atomic E-state index is -0.0741. The van der Waals surface area contributed by atoms with E-state index in [9.17, 15) is 4.79 Å². The number of imidazole rings is 1. The number of hydrazine groups is 1. The molecule has 6 nitrogen and oxygen atoms in total. The quantitative estimate of drug-likeness (QED) is 0.329. The first-order valence-corrected chi connectivity index (χ1v) is 6.51. The third-order valence-corrected chi connectivity index (χ3v) is 3.36. The summed E-state index contributed by atoms with van der Waals surface area (Å²) in [5.74, 6) is 6.10. The third kappa shape index (κ3) is 3.54. The van der Waals surface area contributed by atoms with Crippen LogP contribution in [0, 0.1) is 0 Å². The van der Waals surface area contributed by atoms with Crippen LogP contribution in [0.1, 0.15) is 31.5 Å². The van der Waals surface area contributed by atoms with E-state index in [1.54, 1.807) is 0 Å². The summed E-state index contributed by atoms with van der Waals surface area (Å²) in [6, 6.07) is 0. The number of hydrogen-bond donors (Lipinski definition) is 2. The zero-order valence-corrected chi connectivity index (χ0v) is 10.6. The van der Waals surface area contributed by atoms with E-state index in [-0.39, 0.29) is 5.91 Å². The lowest BCUT2D eigenvalue weighted by molar-refractivity contribution is -0.121. The van der Waals surface area contributed by atoms with Crippen LogP contribution in [-0.2, 0) is 17.9 Å². The number of fused-ring (bicyclic) bond motifs is 1. The molecule has 3 N–H and O–H groups in total. The Morgan fingerprint density at radius 1 is 1.39 bits per heavy atom. The van der Waals surface area contributed by atoms with Crippen molar-refractivity contribution in [2.75, 3.05) is 13.1 Å². The van der Waals surface area contributed by atoms with Crippen molar-refractivity contribution in [1.82, 2.24) is 19.9 Å². The van der Waals surface area contributed by atoms with Crippen LogP contribution in [0.25, 0.3) is 0 Å². The molecule has 18 heavy (non-hydrogen) atoms. The van der Waals surface area contributed by atoms with E-state index in [1.165, 1.54) is 0 Å². The summed E-state index contributed by atoms with van der Waals surface area (Å²) >= 11 is 0. The summed E-state index contributed by atoms with van der Waals surface area (Å²) in [4.78, 5) is 17.7. The van der Waals surface area contributed by atoms with Gasteiger partial charge in [-0.2, -0.15) is 0 Å². The fourth-order valence-electron chi connectivity index (χ4n) is 2.28. The van der Waals surface area contributed by atoms with Gasteiger partial charge in [0.05, 0.1) is 6.54 Å². The normalized spacial score (nSPS) is 15.4. The van der Waals surface area contributed by atoms with Crippen molar-refractivity contribution in [3.63, 3.8) is 0 Å². The predicted molar refractivity (Wildman–Crippen MR) is 68.3 cm³/mol. The Morgan fingerprint density at radius 2 is 2.28 bits per heavy atom. The Kier molecular flexibility index (Phi) is 4.72. The maximum absolute atomic E-state index is 10.9. The second kappa shape index (κ2) is 6.51. The summed E-state index contributed by atoms with van der Waals surface area (Å²) in [5, 5.41) is 0. The van der Waals surface area contributed by atoms with Crippen molar-refractivity contribution < 1.29 is 4.79 Å². The van der Waals surface area contributed by atoms with E-state index in [0.29, 0.717) is 6.42 Å². The number of nitrogens with two attached hydrogens (primary N) is 1. The van der Waals surface area contributed by atoms with Crippen LogP contribution in [-0.4, -0.2) is 33.4 Å². The zero-order chi connectivity index (χ0) is 12.8. The van der Waals surface area contributed by atoms with Crippen molar-refractivity contribution in [1.29, 1.82) is 0 Å².